The van der Waals surface area contributed by atoms with E-state index >= 15 is 0 Å². The highest BCUT2D eigenvalue weighted by Gasteiger charge is 2.70. The maximum atomic E-state index is 11.8. The lowest BCUT2D eigenvalue weighted by atomic mass is 9.69. The average molecular weight is 192 g/mol. The maximum absolute atomic E-state index is 11.8. The van der Waals surface area contributed by atoms with Gasteiger partial charge in [-0.2, -0.15) is 0 Å². The first-order valence-corrected chi connectivity index (χ1v) is 5.48. The van der Waals surface area contributed by atoms with Gasteiger partial charge in [-0.15, -0.1) is 0 Å². The molecule has 0 spiro atoms. The molecule has 4 aliphatic rings. The van der Waals surface area contributed by atoms with Crippen LogP contribution in [0.3, 0.4) is 0 Å². The van der Waals surface area contributed by atoms with Crippen molar-refractivity contribution in [3.05, 3.63) is 0 Å². The summed E-state index contributed by atoms with van der Waals surface area (Å²) in [5.41, 5.74) is 0. The lowest BCUT2D eigenvalue weighted by Gasteiger charge is -2.30. The second-order valence-electron chi connectivity index (χ2n) is 5.11. The Labute approximate surface area is 81.8 Å². The highest BCUT2D eigenvalue weighted by Crippen LogP contribution is 2.63. The summed E-state index contributed by atoms with van der Waals surface area (Å²) in [5.74, 6) is 1.54. The summed E-state index contributed by atoms with van der Waals surface area (Å²) in [7, 11) is 0. The van der Waals surface area contributed by atoms with E-state index in [0.29, 0.717) is 48.5 Å². The molecule has 4 fully saturated rings. The van der Waals surface area contributed by atoms with E-state index in [-0.39, 0.29) is 11.8 Å². The fourth-order valence-corrected chi connectivity index (χ4v) is 4.10. The van der Waals surface area contributed by atoms with Crippen molar-refractivity contribution < 1.29 is 14.3 Å². The maximum Gasteiger partial charge on any atom is 0.137 e. The molecule has 1 aliphatic heterocycles. The predicted octanol–water partition coefficient (Wildman–Crippen LogP) is 0.568. The molecule has 0 aromatic rings. The lowest BCUT2D eigenvalue weighted by molar-refractivity contribution is -0.139. The first-order valence-electron chi connectivity index (χ1n) is 5.48. The Kier molecular flexibility index (Phi) is 1.14. The van der Waals surface area contributed by atoms with Crippen LogP contribution in [0.2, 0.25) is 0 Å². The van der Waals surface area contributed by atoms with Gasteiger partial charge in [0.15, 0.2) is 0 Å². The Morgan fingerprint density at radius 2 is 1.43 bits per heavy atom. The Balaban J connectivity index is 1.79. The molecule has 0 N–H and O–H groups in total. The number of fused-ring (bicyclic) bond motifs is 8. The number of ketones is 2. The molecule has 3 heteroatoms. The van der Waals surface area contributed by atoms with Crippen LogP contribution < -0.4 is 0 Å². The molecular formula is C11H12O3. The summed E-state index contributed by atoms with van der Waals surface area (Å²) < 4.78 is 5.52. The number of ether oxygens (including phenoxy) is 1. The van der Waals surface area contributed by atoms with Gasteiger partial charge in [-0.1, -0.05) is 0 Å². The van der Waals surface area contributed by atoms with Crippen LogP contribution in [0.1, 0.15) is 19.3 Å². The van der Waals surface area contributed by atoms with Gasteiger partial charge in [-0.25, -0.2) is 0 Å². The Morgan fingerprint density at radius 1 is 0.929 bits per heavy atom. The number of carbonyl (C=O) groups excluding carboxylic acids is 2. The zero-order valence-electron chi connectivity index (χ0n) is 7.81. The van der Waals surface area contributed by atoms with Crippen molar-refractivity contribution in [1.82, 2.24) is 0 Å². The van der Waals surface area contributed by atoms with Gasteiger partial charge in [0, 0.05) is 24.7 Å². The van der Waals surface area contributed by atoms with E-state index in [1.807, 2.05) is 0 Å². The molecule has 3 saturated carbocycles. The summed E-state index contributed by atoms with van der Waals surface area (Å²) >= 11 is 0. The summed E-state index contributed by atoms with van der Waals surface area (Å²) in [6.07, 6.45) is 2.73. The minimum atomic E-state index is 0.0463. The highest BCUT2D eigenvalue weighted by molar-refractivity contribution is 5.97. The lowest BCUT2D eigenvalue weighted by Crippen LogP contribution is -2.41. The van der Waals surface area contributed by atoms with Gasteiger partial charge in [0.1, 0.15) is 11.6 Å². The van der Waals surface area contributed by atoms with Crippen LogP contribution in [0.5, 0.6) is 0 Å². The second-order valence-corrected chi connectivity index (χ2v) is 5.11. The van der Waals surface area contributed by atoms with E-state index in [9.17, 15) is 9.59 Å². The fraction of sp³-hybridized carbons (Fsp3) is 0.818. The second kappa shape index (κ2) is 2.11. The molecule has 0 radical (unpaired) electrons. The molecule has 3 nitrogen and oxygen atoms in total. The first-order chi connectivity index (χ1) is 6.77. The standard InChI is InChI=1S/C11H12O3/c12-6-1-2-7(13)9-5-3-4(8(6)9)10-11(5)14-10/h4-5,8-11H,1-3H2/t4-,5-,8-,9+,10+,11+/m1/s1. The molecule has 4 rings (SSSR count). The third-order valence-corrected chi connectivity index (χ3v) is 4.62. The molecule has 0 aromatic heterocycles. The Bertz CT molecular complexity index is 316. The third-order valence-electron chi connectivity index (χ3n) is 4.62. The third kappa shape index (κ3) is 0.670. The van der Waals surface area contributed by atoms with Crippen molar-refractivity contribution >= 4 is 11.6 Å². The fourth-order valence-electron chi connectivity index (χ4n) is 4.10. The van der Waals surface area contributed by atoms with E-state index in [2.05, 4.69) is 0 Å². The molecule has 3 aliphatic carbocycles. The molecule has 0 aromatic carbocycles. The first kappa shape index (κ1) is 7.57. The highest BCUT2D eigenvalue weighted by atomic mass is 16.6. The molecule has 74 valence electrons. The molecule has 1 heterocycles. The summed E-state index contributed by atoms with van der Waals surface area (Å²) in [6, 6.07) is 0. The van der Waals surface area contributed by atoms with Gasteiger partial charge in [0.25, 0.3) is 0 Å². The molecule has 6 atom stereocenters. The van der Waals surface area contributed by atoms with Crippen molar-refractivity contribution in [2.45, 2.75) is 31.5 Å². The summed E-state index contributed by atoms with van der Waals surface area (Å²) in [4.78, 5) is 23.5. The van der Waals surface area contributed by atoms with Gasteiger partial charge in [-0.3, -0.25) is 9.59 Å². The van der Waals surface area contributed by atoms with Crippen LogP contribution in [-0.2, 0) is 14.3 Å². The SMILES string of the molecule is O=C1CCC(=O)[C@H]2[C@H]3C[C@@H]([C@@H]4O[C@@H]34)[C@@H]12. The number of hydrogen-bond acceptors (Lipinski definition) is 3. The minimum absolute atomic E-state index is 0.0463. The van der Waals surface area contributed by atoms with Crippen LogP contribution >= 0.6 is 0 Å². The van der Waals surface area contributed by atoms with E-state index in [0.717, 1.165) is 6.42 Å². The van der Waals surface area contributed by atoms with Crippen molar-refractivity contribution in [3.63, 3.8) is 0 Å². The predicted molar refractivity (Wildman–Crippen MR) is 46.5 cm³/mol. The zero-order valence-corrected chi connectivity index (χ0v) is 7.81. The van der Waals surface area contributed by atoms with Crippen molar-refractivity contribution in [1.29, 1.82) is 0 Å². The van der Waals surface area contributed by atoms with Crippen molar-refractivity contribution in [3.8, 4) is 0 Å². The average Bonchev–Trinajstić information content (AvgIpc) is 2.79. The molecule has 2 bridgehead atoms. The van der Waals surface area contributed by atoms with Crippen LogP contribution in [0, 0.1) is 23.7 Å². The molecule has 14 heavy (non-hydrogen) atoms. The van der Waals surface area contributed by atoms with Crippen LogP contribution in [0.25, 0.3) is 0 Å². The number of rotatable bonds is 0. The van der Waals surface area contributed by atoms with E-state index < -0.39 is 0 Å². The summed E-state index contributed by atoms with van der Waals surface area (Å²) in [5, 5.41) is 0. The van der Waals surface area contributed by atoms with Gasteiger partial charge < -0.3 is 4.74 Å². The molecule has 0 unspecified atom stereocenters. The molecule has 1 saturated heterocycles. The van der Waals surface area contributed by atoms with E-state index in [1.165, 1.54) is 0 Å². The monoisotopic (exact) mass is 192 g/mol. The van der Waals surface area contributed by atoms with E-state index in [4.69, 9.17) is 4.74 Å². The molecular weight excluding hydrogens is 180 g/mol. The molecule has 0 amide bonds. The normalized spacial score (nSPS) is 58.6. The minimum Gasteiger partial charge on any atom is -0.369 e. The van der Waals surface area contributed by atoms with E-state index in [1.54, 1.807) is 0 Å². The number of hydrogen-bond donors (Lipinski definition) is 0. The van der Waals surface area contributed by atoms with Crippen LogP contribution in [0.15, 0.2) is 0 Å². The van der Waals surface area contributed by atoms with Gasteiger partial charge in [0.05, 0.1) is 12.2 Å². The van der Waals surface area contributed by atoms with Crippen molar-refractivity contribution in [2.75, 3.05) is 0 Å². The Hall–Kier alpha value is -0.700. The topological polar surface area (TPSA) is 46.7 Å². The smallest absolute Gasteiger partial charge is 0.137 e. The number of Topliss-reactive ketones (excluding diaryl/α,β-unsaturated/α-hetero) is 2. The number of epoxide rings is 1. The zero-order chi connectivity index (χ0) is 9.45. The van der Waals surface area contributed by atoms with Crippen molar-refractivity contribution in [2.24, 2.45) is 23.7 Å². The quantitative estimate of drug-likeness (QED) is 0.527. The van der Waals surface area contributed by atoms with Crippen LogP contribution in [0.4, 0.5) is 0 Å². The van der Waals surface area contributed by atoms with Gasteiger partial charge in [0.2, 0.25) is 0 Å². The van der Waals surface area contributed by atoms with Gasteiger partial charge >= 0.3 is 0 Å². The largest absolute Gasteiger partial charge is 0.369 e. The summed E-state index contributed by atoms with van der Waals surface area (Å²) in [6.45, 7) is 0. The number of carbonyl (C=O) groups is 2. The Morgan fingerprint density at radius 3 is 1.93 bits per heavy atom. The van der Waals surface area contributed by atoms with Gasteiger partial charge in [-0.05, 0) is 18.3 Å². The van der Waals surface area contributed by atoms with Crippen LogP contribution in [-0.4, -0.2) is 23.8 Å².